The Hall–Kier alpha value is -3.02. The molecule has 2 rings (SSSR count). The molecule has 24 heavy (non-hydrogen) atoms. The first-order valence-corrected chi connectivity index (χ1v) is 7.22. The van der Waals surface area contributed by atoms with Gasteiger partial charge in [-0.1, -0.05) is 12.1 Å². The van der Waals surface area contributed by atoms with Crippen LogP contribution in [0.2, 0.25) is 0 Å². The smallest absolute Gasteiger partial charge is 0.307 e. The zero-order valence-corrected chi connectivity index (χ0v) is 13.4. The summed E-state index contributed by atoms with van der Waals surface area (Å²) >= 11 is 0. The fourth-order valence-corrected chi connectivity index (χ4v) is 2.50. The number of benzene rings is 2. The molecule has 0 radical (unpaired) electrons. The third-order valence-corrected chi connectivity index (χ3v) is 3.53. The third-order valence-electron chi connectivity index (χ3n) is 3.53. The molecule has 6 nitrogen and oxygen atoms in total. The summed E-state index contributed by atoms with van der Waals surface area (Å²) in [6, 6.07) is 10.2. The van der Waals surface area contributed by atoms with Crippen LogP contribution in [0.1, 0.15) is 11.1 Å². The Labute approximate surface area is 139 Å². The maximum atomic E-state index is 10.9. The Balaban J connectivity index is 2.59. The standard InChI is InChI=1S/C18H18O6/c1-23-15-5-3-11(9-17(19)20)7-13(15)14-8-12(10-18(21)22)4-6-16(14)24-2/h3-8H,9-10H2,1-2H3,(H,19,20)(H,21,22). The van der Waals surface area contributed by atoms with Crippen molar-refractivity contribution in [2.24, 2.45) is 0 Å². The Bertz CT molecular complexity index is 701. The van der Waals surface area contributed by atoms with Gasteiger partial charge in [-0.25, -0.2) is 0 Å². The highest BCUT2D eigenvalue weighted by atomic mass is 16.5. The van der Waals surface area contributed by atoms with Gasteiger partial charge in [0.1, 0.15) is 11.5 Å². The summed E-state index contributed by atoms with van der Waals surface area (Å²) in [5, 5.41) is 18.0. The maximum absolute atomic E-state index is 10.9. The zero-order valence-electron chi connectivity index (χ0n) is 13.4. The largest absolute Gasteiger partial charge is 0.496 e. The van der Waals surface area contributed by atoms with Crippen molar-refractivity contribution < 1.29 is 29.3 Å². The predicted octanol–water partition coefficient (Wildman–Crippen LogP) is 2.63. The molecule has 0 amide bonds. The van der Waals surface area contributed by atoms with E-state index in [9.17, 15) is 9.59 Å². The Morgan fingerprint density at radius 3 is 1.46 bits per heavy atom. The van der Waals surface area contributed by atoms with Crippen LogP contribution in [0.25, 0.3) is 11.1 Å². The molecule has 0 saturated heterocycles. The van der Waals surface area contributed by atoms with Crippen LogP contribution in [0.4, 0.5) is 0 Å². The average Bonchev–Trinajstić information content (AvgIpc) is 2.53. The first-order valence-electron chi connectivity index (χ1n) is 7.22. The topological polar surface area (TPSA) is 93.1 Å². The van der Waals surface area contributed by atoms with Crippen LogP contribution in [-0.2, 0) is 22.4 Å². The van der Waals surface area contributed by atoms with E-state index < -0.39 is 11.9 Å². The van der Waals surface area contributed by atoms with Gasteiger partial charge in [0, 0.05) is 11.1 Å². The molecule has 0 atom stereocenters. The number of ether oxygens (including phenoxy) is 2. The molecule has 0 unspecified atom stereocenters. The van der Waals surface area contributed by atoms with E-state index in [0.29, 0.717) is 33.8 Å². The molecule has 2 aromatic carbocycles. The van der Waals surface area contributed by atoms with Crippen LogP contribution in [0, 0.1) is 0 Å². The summed E-state index contributed by atoms with van der Waals surface area (Å²) in [6.07, 6.45) is -0.234. The van der Waals surface area contributed by atoms with Gasteiger partial charge in [0.25, 0.3) is 0 Å². The van der Waals surface area contributed by atoms with Gasteiger partial charge in [-0.05, 0) is 35.4 Å². The van der Waals surface area contributed by atoms with Crippen LogP contribution in [0.15, 0.2) is 36.4 Å². The molecule has 6 heteroatoms. The molecule has 2 aromatic rings. The van der Waals surface area contributed by atoms with Crippen molar-refractivity contribution >= 4 is 11.9 Å². The molecule has 0 fully saturated rings. The lowest BCUT2D eigenvalue weighted by molar-refractivity contribution is -0.137. The summed E-state index contributed by atoms with van der Waals surface area (Å²) in [5.74, 6) is -0.764. The van der Waals surface area contributed by atoms with Gasteiger partial charge in [-0.15, -0.1) is 0 Å². The van der Waals surface area contributed by atoms with Crippen molar-refractivity contribution in [3.05, 3.63) is 47.5 Å². The molecule has 126 valence electrons. The van der Waals surface area contributed by atoms with E-state index in [1.54, 1.807) is 36.4 Å². The molecular weight excluding hydrogens is 312 g/mol. The predicted molar refractivity (Wildman–Crippen MR) is 87.7 cm³/mol. The molecule has 0 heterocycles. The Morgan fingerprint density at radius 1 is 0.792 bits per heavy atom. The summed E-state index contributed by atoms with van der Waals surface area (Å²) in [5.41, 5.74) is 2.54. The number of carboxylic acids is 2. The number of aliphatic carboxylic acids is 2. The van der Waals surface area contributed by atoms with Crippen molar-refractivity contribution in [3.8, 4) is 22.6 Å². The van der Waals surface area contributed by atoms with E-state index in [1.807, 2.05) is 0 Å². The highest BCUT2D eigenvalue weighted by Crippen LogP contribution is 2.37. The summed E-state index contributed by atoms with van der Waals surface area (Å²) in [6.45, 7) is 0. The third kappa shape index (κ3) is 4.04. The van der Waals surface area contributed by atoms with Crippen molar-refractivity contribution in [2.75, 3.05) is 14.2 Å². The van der Waals surface area contributed by atoms with Crippen LogP contribution in [-0.4, -0.2) is 36.4 Å². The summed E-state index contributed by atoms with van der Waals surface area (Å²) < 4.78 is 10.7. The summed E-state index contributed by atoms with van der Waals surface area (Å²) in [4.78, 5) is 21.9. The average molecular weight is 330 g/mol. The van der Waals surface area contributed by atoms with E-state index in [1.165, 1.54) is 14.2 Å². The first-order chi connectivity index (χ1) is 11.4. The molecule has 0 aliphatic rings. The number of carbonyl (C=O) groups is 2. The van der Waals surface area contributed by atoms with Crippen molar-refractivity contribution in [1.82, 2.24) is 0 Å². The van der Waals surface area contributed by atoms with Crippen molar-refractivity contribution in [2.45, 2.75) is 12.8 Å². The monoisotopic (exact) mass is 330 g/mol. The minimum absolute atomic E-state index is 0.117. The van der Waals surface area contributed by atoms with Gasteiger partial charge < -0.3 is 19.7 Å². The van der Waals surface area contributed by atoms with Crippen LogP contribution >= 0.6 is 0 Å². The first kappa shape index (κ1) is 17.3. The lowest BCUT2D eigenvalue weighted by Gasteiger charge is -2.15. The second kappa shape index (κ2) is 7.50. The lowest BCUT2D eigenvalue weighted by Crippen LogP contribution is -2.02. The molecule has 0 spiro atoms. The Kier molecular flexibility index (Phi) is 5.42. The summed E-state index contributed by atoms with van der Waals surface area (Å²) in [7, 11) is 3.03. The van der Waals surface area contributed by atoms with Crippen LogP contribution in [0.3, 0.4) is 0 Å². The van der Waals surface area contributed by atoms with E-state index >= 15 is 0 Å². The highest BCUT2D eigenvalue weighted by molar-refractivity contribution is 5.80. The van der Waals surface area contributed by atoms with Crippen molar-refractivity contribution in [3.63, 3.8) is 0 Å². The minimum Gasteiger partial charge on any atom is -0.496 e. The van der Waals surface area contributed by atoms with E-state index in [4.69, 9.17) is 19.7 Å². The fraction of sp³-hybridized carbons (Fsp3) is 0.222. The van der Waals surface area contributed by atoms with Gasteiger partial charge >= 0.3 is 11.9 Å². The van der Waals surface area contributed by atoms with Crippen LogP contribution < -0.4 is 9.47 Å². The lowest BCUT2D eigenvalue weighted by atomic mass is 9.97. The van der Waals surface area contributed by atoms with Gasteiger partial charge in [0.05, 0.1) is 27.1 Å². The number of rotatable bonds is 7. The highest BCUT2D eigenvalue weighted by Gasteiger charge is 2.15. The van der Waals surface area contributed by atoms with E-state index in [2.05, 4.69) is 0 Å². The van der Waals surface area contributed by atoms with Gasteiger partial charge in [-0.3, -0.25) is 9.59 Å². The van der Waals surface area contributed by atoms with E-state index in [-0.39, 0.29) is 12.8 Å². The second-order valence-electron chi connectivity index (χ2n) is 5.21. The zero-order chi connectivity index (χ0) is 17.7. The van der Waals surface area contributed by atoms with E-state index in [0.717, 1.165) is 0 Å². The van der Waals surface area contributed by atoms with Gasteiger partial charge in [-0.2, -0.15) is 0 Å². The molecule has 0 aliphatic carbocycles. The SMILES string of the molecule is COc1ccc(CC(=O)O)cc1-c1cc(CC(=O)O)ccc1OC. The molecular formula is C18H18O6. The minimum atomic E-state index is -0.933. The van der Waals surface area contributed by atoms with Crippen LogP contribution in [0.5, 0.6) is 11.5 Å². The van der Waals surface area contributed by atoms with Gasteiger partial charge in [0.2, 0.25) is 0 Å². The number of carboxylic acid groups (broad SMARTS) is 2. The number of methoxy groups -OCH3 is 2. The maximum Gasteiger partial charge on any atom is 0.307 e. The molecule has 0 saturated carbocycles. The Morgan fingerprint density at radius 2 is 1.17 bits per heavy atom. The number of hydrogen-bond acceptors (Lipinski definition) is 4. The van der Waals surface area contributed by atoms with Gasteiger partial charge in [0.15, 0.2) is 0 Å². The molecule has 2 N–H and O–H groups in total. The quantitative estimate of drug-likeness (QED) is 0.810. The molecule has 0 aliphatic heterocycles. The van der Waals surface area contributed by atoms with Crippen molar-refractivity contribution in [1.29, 1.82) is 0 Å². The number of hydrogen-bond donors (Lipinski definition) is 2. The molecule has 0 bridgehead atoms. The molecule has 0 aromatic heterocycles. The second-order valence-corrected chi connectivity index (χ2v) is 5.21. The fourth-order valence-electron chi connectivity index (χ4n) is 2.50. The normalized spacial score (nSPS) is 10.2.